The Balaban J connectivity index is 1.65. The molecular formula is C26H15ClN4O2. The van der Waals surface area contributed by atoms with Crippen LogP contribution in [0.3, 0.4) is 0 Å². The van der Waals surface area contributed by atoms with Crippen LogP contribution in [0.5, 0.6) is 0 Å². The van der Waals surface area contributed by atoms with Gasteiger partial charge in [-0.15, -0.1) is 0 Å². The number of rotatable bonds is 2. The summed E-state index contributed by atoms with van der Waals surface area (Å²) in [5, 5.41) is 23.9. The number of carbonyl (C=O) groups excluding carboxylic acids is 2. The maximum atomic E-state index is 14.3. The highest BCUT2D eigenvalue weighted by Gasteiger charge is 3.00. The number of nitrogens with zero attached hydrogens (tertiary/aromatic N) is 3. The molecule has 3 aromatic carbocycles. The van der Waals surface area contributed by atoms with Crippen LogP contribution in [0, 0.1) is 28.1 Å². The fraction of sp³-hybridized carbons (Fsp3) is 0.154. The van der Waals surface area contributed by atoms with Crippen LogP contribution in [-0.4, -0.2) is 11.8 Å². The molecule has 0 bridgehead atoms. The Morgan fingerprint density at radius 3 is 2.30 bits per heavy atom. The number of halogens is 1. The lowest BCUT2D eigenvalue weighted by Gasteiger charge is -2.19. The van der Waals surface area contributed by atoms with E-state index in [1.165, 1.54) is 0 Å². The highest BCUT2D eigenvalue weighted by molar-refractivity contribution is 6.32. The molecule has 1 aliphatic carbocycles. The number of nitrogens with one attached hydrogen (secondary N) is 1. The molecule has 6 nitrogen and oxygen atoms in total. The summed E-state index contributed by atoms with van der Waals surface area (Å²) in [5.74, 6) is -0.957. The third-order valence-electron chi connectivity index (χ3n) is 7.28. The van der Waals surface area contributed by atoms with Gasteiger partial charge in [0.05, 0.1) is 18.7 Å². The largest absolute Gasteiger partial charge is 0.325 e. The first-order chi connectivity index (χ1) is 16.0. The monoisotopic (exact) mass is 450 g/mol. The Morgan fingerprint density at radius 1 is 0.879 bits per heavy atom. The summed E-state index contributed by atoms with van der Waals surface area (Å²) in [6.07, 6.45) is 0. The molecular weight excluding hydrogens is 436 g/mol. The van der Waals surface area contributed by atoms with Gasteiger partial charge in [0.2, 0.25) is 11.8 Å². The number of para-hydroxylation sites is 1. The van der Waals surface area contributed by atoms with Crippen LogP contribution in [-0.2, 0) is 27.0 Å². The van der Waals surface area contributed by atoms with Crippen molar-refractivity contribution in [2.45, 2.75) is 17.4 Å². The average molecular weight is 451 g/mol. The molecule has 0 unspecified atom stereocenters. The van der Waals surface area contributed by atoms with E-state index in [0.717, 1.165) is 5.56 Å². The topological polar surface area (TPSA) is 97.0 Å². The molecule has 0 saturated heterocycles. The first kappa shape index (κ1) is 19.5. The van der Waals surface area contributed by atoms with Crippen LogP contribution in [0.15, 0.2) is 72.8 Å². The maximum absolute atomic E-state index is 14.3. The second-order valence-corrected chi connectivity index (χ2v) is 8.95. The lowest BCUT2D eigenvalue weighted by molar-refractivity contribution is -0.124. The van der Waals surface area contributed by atoms with Gasteiger partial charge in [-0.05, 0) is 34.9 Å². The summed E-state index contributed by atoms with van der Waals surface area (Å²) in [7, 11) is 0. The highest BCUT2D eigenvalue weighted by Crippen LogP contribution is 2.83. The molecule has 33 heavy (non-hydrogen) atoms. The van der Waals surface area contributed by atoms with E-state index >= 15 is 0 Å². The Morgan fingerprint density at radius 2 is 1.58 bits per heavy atom. The molecule has 7 heteroatoms. The summed E-state index contributed by atoms with van der Waals surface area (Å²) in [5.41, 5.74) is -2.33. The standard InChI is InChI=1S/C26H15ClN4O2/c27-17-10-11-18-20(12-17)30-22(32)25(18)24(14-28,15-29)26(25)19-8-4-5-9-21(19)31(23(26)33)13-16-6-2-1-3-7-16/h1-12H,13H2,(H,30,32)/t25-,26-/m1/s1. The number of anilines is 2. The molecule has 2 spiro atoms. The zero-order valence-electron chi connectivity index (χ0n) is 17.2. The third kappa shape index (κ3) is 1.91. The minimum absolute atomic E-state index is 0.260. The van der Waals surface area contributed by atoms with Gasteiger partial charge in [0.25, 0.3) is 0 Å². The van der Waals surface area contributed by atoms with Gasteiger partial charge in [0.1, 0.15) is 10.8 Å². The van der Waals surface area contributed by atoms with Crippen molar-refractivity contribution in [1.82, 2.24) is 0 Å². The van der Waals surface area contributed by atoms with Crippen molar-refractivity contribution >= 4 is 34.8 Å². The van der Waals surface area contributed by atoms with E-state index in [1.54, 1.807) is 47.4 Å². The van der Waals surface area contributed by atoms with E-state index in [0.29, 0.717) is 27.5 Å². The van der Waals surface area contributed by atoms with Gasteiger partial charge in [0, 0.05) is 16.4 Å². The molecule has 3 aliphatic rings. The second-order valence-electron chi connectivity index (χ2n) is 8.51. The Bertz CT molecular complexity index is 1460. The molecule has 0 aromatic heterocycles. The van der Waals surface area contributed by atoms with Crippen molar-refractivity contribution in [3.05, 3.63) is 94.5 Å². The number of hydrogen-bond acceptors (Lipinski definition) is 4. The third-order valence-corrected chi connectivity index (χ3v) is 7.52. The second kappa shape index (κ2) is 6.22. The summed E-state index contributed by atoms with van der Waals surface area (Å²) < 4.78 is 0. The summed E-state index contributed by atoms with van der Waals surface area (Å²) in [6, 6.07) is 25.6. The zero-order chi connectivity index (χ0) is 23.0. The van der Waals surface area contributed by atoms with E-state index in [1.807, 2.05) is 30.3 Å². The van der Waals surface area contributed by atoms with Gasteiger partial charge < -0.3 is 10.2 Å². The zero-order valence-corrected chi connectivity index (χ0v) is 17.9. The molecule has 2 amide bonds. The summed E-state index contributed by atoms with van der Waals surface area (Å²) >= 11 is 6.14. The normalized spacial score (nSPS) is 25.4. The first-order valence-electron chi connectivity index (χ1n) is 10.4. The lowest BCUT2D eigenvalue weighted by atomic mass is 9.83. The van der Waals surface area contributed by atoms with Crippen LogP contribution < -0.4 is 10.2 Å². The van der Waals surface area contributed by atoms with Gasteiger partial charge in [0.15, 0.2) is 5.41 Å². The van der Waals surface area contributed by atoms with Gasteiger partial charge in [-0.3, -0.25) is 9.59 Å². The Labute approximate surface area is 194 Å². The SMILES string of the molecule is N#CC1(C#N)[C@@]2(C(=O)Nc3cc(Cl)ccc32)[C@]12C(=O)N(Cc1ccccc1)c1ccccc12. The Hall–Kier alpha value is -4.13. The van der Waals surface area contributed by atoms with Crippen LogP contribution in [0.1, 0.15) is 16.7 Å². The molecule has 1 fully saturated rings. The van der Waals surface area contributed by atoms with Crippen molar-refractivity contribution in [1.29, 1.82) is 10.5 Å². The van der Waals surface area contributed by atoms with Crippen LogP contribution in [0.25, 0.3) is 0 Å². The van der Waals surface area contributed by atoms with Crippen molar-refractivity contribution in [2.75, 3.05) is 10.2 Å². The smallest absolute Gasteiger partial charge is 0.242 e. The van der Waals surface area contributed by atoms with E-state index in [4.69, 9.17) is 11.6 Å². The van der Waals surface area contributed by atoms with E-state index < -0.39 is 28.1 Å². The number of benzene rings is 3. The minimum atomic E-state index is -1.90. The number of carbonyl (C=O) groups is 2. The molecule has 0 radical (unpaired) electrons. The van der Waals surface area contributed by atoms with Gasteiger partial charge in [-0.2, -0.15) is 10.5 Å². The molecule has 2 heterocycles. The first-order valence-corrected chi connectivity index (χ1v) is 10.8. The average Bonchev–Trinajstić information content (AvgIpc) is 3.15. The van der Waals surface area contributed by atoms with Gasteiger partial charge in [-0.25, -0.2) is 0 Å². The van der Waals surface area contributed by atoms with E-state index in [2.05, 4.69) is 17.5 Å². The van der Waals surface area contributed by atoms with E-state index in [-0.39, 0.29) is 6.54 Å². The molecule has 1 N–H and O–H groups in total. The fourth-order valence-electron chi connectivity index (χ4n) is 6.05. The predicted molar refractivity (Wildman–Crippen MR) is 121 cm³/mol. The fourth-order valence-corrected chi connectivity index (χ4v) is 6.23. The number of amides is 2. The molecule has 3 aromatic rings. The van der Waals surface area contributed by atoms with Crippen LogP contribution in [0.2, 0.25) is 5.02 Å². The molecule has 2 aliphatic heterocycles. The summed E-state index contributed by atoms with van der Waals surface area (Å²) in [6.45, 7) is 0.260. The Kier molecular flexibility index (Phi) is 3.69. The number of hydrogen-bond donors (Lipinski definition) is 1. The van der Waals surface area contributed by atoms with Crippen LogP contribution in [0.4, 0.5) is 11.4 Å². The minimum Gasteiger partial charge on any atom is -0.325 e. The molecule has 1 saturated carbocycles. The van der Waals surface area contributed by atoms with Gasteiger partial charge >= 0.3 is 0 Å². The summed E-state index contributed by atoms with van der Waals surface area (Å²) in [4.78, 5) is 29.5. The molecule has 158 valence electrons. The number of nitriles is 2. The highest BCUT2D eigenvalue weighted by atomic mass is 35.5. The quantitative estimate of drug-likeness (QED) is 0.636. The van der Waals surface area contributed by atoms with Crippen molar-refractivity contribution in [3.8, 4) is 12.1 Å². The predicted octanol–water partition coefficient (Wildman–Crippen LogP) is 4.06. The number of fused-ring (bicyclic) bond motifs is 5. The molecule has 6 rings (SSSR count). The van der Waals surface area contributed by atoms with E-state index in [9.17, 15) is 20.1 Å². The maximum Gasteiger partial charge on any atom is 0.242 e. The lowest BCUT2D eigenvalue weighted by Crippen LogP contribution is -2.38. The van der Waals surface area contributed by atoms with Crippen molar-refractivity contribution < 1.29 is 9.59 Å². The van der Waals surface area contributed by atoms with Crippen molar-refractivity contribution in [2.24, 2.45) is 5.41 Å². The molecule has 2 atom stereocenters. The van der Waals surface area contributed by atoms with Gasteiger partial charge in [-0.1, -0.05) is 66.2 Å². The van der Waals surface area contributed by atoms with Crippen LogP contribution >= 0.6 is 11.6 Å². The van der Waals surface area contributed by atoms with Crippen molar-refractivity contribution in [3.63, 3.8) is 0 Å².